The van der Waals surface area contributed by atoms with Gasteiger partial charge in [0.2, 0.25) is 0 Å². The van der Waals surface area contributed by atoms with Crippen LogP contribution in [0.5, 0.6) is 0 Å². The van der Waals surface area contributed by atoms with Gasteiger partial charge in [0.05, 0.1) is 0 Å². The molecule has 0 aromatic heterocycles. The molecule has 0 amide bonds. The number of benzene rings is 2. The van der Waals surface area contributed by atoms with E-state index in [2.05, 4.69) is 21.2 Å². The summed E-state index contributed by atoms with van der Waals surface area (Å²) >= 11 is 3.40. The normalized spacial score (nSPS) is 14.1. The maximum atomic E-state index is 13.2. The highest BCUT2D eigenvalue weighted by molar-refractivity contribution is 9.10. The first-order chi connectivity index (χ1) is 9.47. The van der Waals surface area contributed by atoms with Crippen LogP contribution in [0.3, 0.4) is 0 Å². The third-order valence-electron chi connectivity index (χ3n) is 3.31. The summed E-state index contributed by atoms with van der Waals surface area (Å²) < 4.78 is 27.2. The van der Waals surface area contributed by atoms with E-state index in [9.17, 15) is 8.78 Å². The second-order valence-electron chi connectivity index (χ2n) is 4.84. The zero-order valence-electron chi connectivity index (χ0n) is 11.3. The summed E-state index contributed by atoms with van der Waals surface area (Å²) in [7, 11) is 0. The molecule has 0 saturated carbocycles. The van der Waals surface area contributed by atoms with E-state index in [4.69, 9.17) is 0 Å². The monoisotopic (exact) mass is 339 g/mol. The molecule has 0 heterocycles. The van der Waals surface area contributed by atoms with Crippen molar-refractivity contribution in [3.05, 3.63) is 69.7 Å². The third kappa shape index (κ3) is 3.64. The van der Waals surface area contributed by atoms with Crippen LogP contribution in [0.25, 0.3) is 0 Å². The Morgan fingerprint density at radius 1 is 0.850 bits per heavy atom. The largest absolute Gasteiger partial charge is 0.304 e. The Morgan fingerprint density at radius 2 is 1.40 bits per heavy atom. The van der Waals surface area contributed by atoms with E-state index in [-0.39, 0.29) is 12.1 Å². The SMILES string of the molecule is CC(N[C@H](C)c1ccc(Br)cc1)c1ccc(F)c(F)c1. The Balaban J connectivity index is 2.08. The third-order valence-corrected chi connectivity index (χ3v) is 3.84. The van der Waals surface area contributed by atoms with Gasteiger partial charge in [-0.1, -0.05) is 34.1 Å². The van der Waals surface area contributed by atoms with Crippen molar-refractivity contribution in [1.82, 2.24) is 5.32 Å². The maximum Gasteiger partial charge on any atom is 0.159 e. The van der Waals surface area contributed by atoms with Gasteiger partial charge in [0, 0.05) is 16.6 Å². The van der Waals surface area contributed by atoms with Gasteiger partial charge in [-0.3, -0.25) is 0 Å². The molecule has 0 aliphatic rings. The minimum Gasteiger partial charge on any atom is -0.304 e. The molecule has 2 rings (SSSR count). The van der Waals surface area contributed by atoms with E-state index in [1.54, 1.807) is 6.07 Å². The van der Waals surface area contributed by atoms with Crippen molar-refractivity contribution in [2.45, 2.75) is 25.9 Å². The van der Waals surface area contributed by atoms with Gasteiger partial charge in [0.25, 0.3) is 0 Å². The van der Waals surface area contributed by atoms with Crippen LogP contribution in [0, 0.1) is 11.6 Å². The van der Waals surface area contributed by atoms with Crippen molar-refractivity contribution in [3.8, 4) is 0 Å². The van der Waals surface area contributed by atoms with Gasteiger partial charge in [-0.2, -0.15) is 0 Å². The molecule has 0 spiro atoms. The summed E-state index contributed by atoms with van der Waals surface area (Å²) in [5, 5.41) is 3.37. The van der Waals surface area contributed by atoms with Crippen LogP contribution in [0.2, 0.25) is 0 Å². The van der Waals surface area contributed by atoms with Crippen molar-refractivity contribution in [2.75, 3.05) is 0 Å². The highest BCUT2D eigenvalue weighted by Gasteiger charge is 2.13. The van der Waals surface area contributed by atoms with Gasteiger partial charge in [-0.15, -0.1) is 0 Å². The predicted octanol–water partition coefficient (Wildman–Crippen LogP) is 5.14. The van der Waals surface area contributed by atoms with Crippen LogP contribution in [0.4, 0.5) is 8.78 Å². The van der Waals surface area contributed by atoms with Gasteiger partial charge in [0.1, 0.15) is 0 Å². The van der Waals surface area contributed by atoms with Crippen LogP contribution in [-0.2, 0) is 0 Å². The lowest BCUT2D eigenvalue weighted by molar-refractivity contribution is 0.480. The Bertz CT molecular complexity index is 584. The lowest BCUT2D eigenvalue weighted by atomic mass is 10.0. The minimum atomic E-state index is -0.818. The van der Waals surface area contributed by atoms with E-state index in [0.717, 1.165) is 21.7 Å². The maximum absolute atomic E-state index is 13.2. The first-order valence-electron chi connectivity index (χ1n) is 6.44. The zero-order valence-corrected chi connectivity index (χ0v) is 12.9. The molecule has 1 unspecified atom stereocenters. The van der Waals surface area contributed by atoms with Crippen LogP contribution < -0.4 is 5.32 Å². The van der Waals surface area contributed by atoms with Crippen LogP contribution >= 0.6 is 15.9 Å². The Morgan fingerprint density at radius 3 is 2.00 bits per heavy atom. The van der Waals surface area contributed by atoms with Gasteiger partial charge >= 0.3 is 0 Å². The number of rotatable bonds is 4. The fourth-order valence-corrected chi connectivity index (χ4v) is 2.36. The van der Waals surface area contributed by atoms with Crippen molar-refractivity contribution in [3.63, 3.8) is 0 Å². The standard InChI is InChI=1S/C16H16BrF2N/c1-10(12-3-6-14(17)7-4-12)20-11(2)13-5-8-15(18)16(19)9-13/h3-11,20H,1-2H3/t10-,11?/m1/s1. The fourth-order valence-electron chi connectivity index (χ4n) is 2.10. The van der Waals surface area contributed by atoms with Crippen molar-refractivity contribution < 1.29 is 8.78 Å². The summed E-state index contributed by atoms with van der Waals surface area (Å²) in [6.45, 7) is 3.97. The highest BCUT2D eigenvalue weighted by atomic mass is 79.9. The van der Waals surface area contributed by atoms with E-state index < -0.39 is 11.6 Å². The molecular weight excluding hydrogens is 324 g/mol. The number of hydrogen-bond donors (Lipinski definition) is 1. The molecule has 2 atom stereocenters. The van der Waals surface area contributed by atoms with E-state index in [1.165, 1.54) is 6.07 Å². The van der Waals surface area contributed by atoms with Gasteiger partial charge in [0.15, 0.2) is 11.6 Å². The summed E-state index contributed by atoms with van der Waals surface area (Å²) in [4.78, 5) is 0. The van der Waals surface area contributed by atoms with E-state index in [0.29, 0.717) is 0 Å². The van der Waals surface area contributed by atoms with Crippen molar-refractivity contribution in [2.24, 2.45) is 0 Å². The topological polar surface area (TPSA) is 12.0 Å². The second kappa shape index (κ2) is 6.46. The molecule has 0 saturated heterocycles. The smallest absolute Gasteiger partial charge is 0.159 e. The molecule has 20 heavy (non-hydrogen) atoms. The molecular formula is C16H16BrF2N. The number of hydrogen-bond acceptors (Lipinski definition) is 1. The quantitative estimate of drug-likeness (QED) is 0.813. The summed E-state index contributed by atoms with van der Waals surface area (Å²) in [5.41, 5.74) is 1.87. The second-order valence-corrected chi connectivity index (χ2v) is 5.75. The van der Waals surface area contributed by atoms with Gasteiger partial charge in [-0.05, 0) is 49.2 Å². The molecule has 0 fully saturated rings. The van der Waals surface area contributed by atoms with Crippen molar-refractivity contribution >= 4 is 15.9 Å². The summed E-state index contributed by atoms with van der Waals surface area (Å²) in [6.07, 6.45) is 0. The predicted molar refractivity (Wildman–Crippen MR) is 80.5 cm³/mol. The minimum absolute atomic E-state index is 0.0660. The zero-order chi connectivity index (χ0) is 14.7. The van der Waals surface area contributed by atoms with E-state index >= 15 is 0 Å². The molecule has 0 aliphatic heterocycles. The van der Waals surface area contributed by atoms with Gasteiger partial charge in [-0.25, -0.2) is 8.78 Å². The number of halogens is 3. The van der Waals surface area contributed by atoms with Gasteiger partial charge < -0.3 is 5.32 Å². The molecule has 2 aromatic carbocycles. The van der Waals surface area contributed by atoms with Crippen LogP contribution in [0.15, 0.2) is 46.9 Å². The Hall–Kier alpha value is -1.26. The fraction of sp³-hybridized carbons (Fsp3) is 0.250. The molecule has 1 nitrogen and oxygen atoms in total. The van der Waals surface area contributed by atoms with Crippen LogP contribution in [0.1, 0.15) is 37.1 Å². The molecule has 0 bridgehead atoms. The molecule has 0 aliphatic carbocycles. The molecule has 1 N–H and O–H groups in total. The van der Waals surface area contributed by atoms with Crippen LogP contribution in [-0.4, -0.2) is 0 Å². The summed E-state index contributed by atoms with van der Waals surface area (Å²) in [6, 6.07) is 12.1. The average molecular weight is 340 g/mol. The lowest BCUT2D eigenvalue weighted by Crippen LogP contribution is -2.22. The van der Waals surface area contributed by atoms with E-state index in [1.807, 2.05) is 38.1 Å². The molecule has 4 heteroatoms. The molecule has 106 valence electrons. The average Bonchev–Trinajstić information content (AvgIpc) is 2.42. The Kier molecular flexibility index (Phi) is 4.89. The first-order valence-corrected chi connectivity index (χ1v) is 7.23. The molecule has 0 radical (unpaired) electrons. The number of nitrogens with one attached hydrogen (secondary N) is 1. The lowest BCUT2D eigenvalue weighted by Gasteiger charge is -2.21. The van der Waals surface area contributed by atoms with Crippen molar-refractivity contribution in [1.29, 1.82) is 0 Å². The highest BCUT2D eigenvalue weighted by Crippen LogP contribution is 2.22. The first kappa shape index (κ1) is 15.1. The summed E-state index contributed by atoms with van der Waals surface area (Å²) in [5.74, 6) is -1.63. The Labute approximate surface area is 126 Å². The molecule has 2 aromatic rings.